The van der Waals surface area contributed by atoms with Crippen molar-refractivity contribution in [3.05, 3.63) is 52.2 Å². The first-order chi connectivity index (χ1) is 14.8. The number of sulfonamides is 1. The fourth-order valence-corrected chi connectivity index (χ4v) is 5.82. The van der Waals surface area contributed by atoms with E-state index < -0.39 is 10.0 Å². The minimum absolute atomic E-state index is 0.0149. The molecule has 0 aliphatic carbocycles. The monoisotopic (exact) mass is 461 g/mol. The van der Waals surface area contributed by atoms with E-state index in [1.165, 1.54) is 10.6 Å². The second-order valence-electron chi connectivity index (χ2n) is 7.55. The average Bonchev–Trinajstić information content (AvgIpc) is 2.75. The molecule has 0 spiro atoms. The van der Waals surface area contributed by atoms with Gasteiger partial charge in [0, 0.05) is 46.7 Å². The topological polar surface area (TPSA) is 69.7 Å². The molecule has 168 valence electrons. The van der Waals surface area contributed by atoms with Gasteiger partial charge in [0.25, 0.3) is 0 Å². The molecule has 0 saturated heterocycles. The van der Waals surface area contributed by atoms with Crippen LogP contribution in [0.5, 0.6) is 0 Å². The number of nitrogens with one attached hydrogen (secondary N) is 1. The second-order valence-corrected chi connectivity index (χ2v) is 10.6. The minimum atomic E-state index is -3.34. The van der Waals surface area contributed by atoms with Crippen molar-refractivity contribution in [3.8, 4) is 0 Å². The summed E-state index contributed by atoms with van der Waals surface area (Å²) in [4.78, 5) is 15.8. The summed E-state index contributed by atoms with van der Waals surface area (Å²) in [6.45, 7) is 10.3. The Balaban J connectivity index is 2.12. The molecule has 0 aliphatic rings. The van der Waals surface area contributed by atoms with Crippen LogP contribution in [0.3, 0.4) is 0 Å². The van der Waals surface area contributed by atoms with Gasteiger partial charge in [-0.3, -0.25) is 4.79 Å². The van der Waals surface area contributed by atoms with Crippen molar-refractivity contribution in [1.82, 2.24) is 9.21 Å². The fraction of sp³-hybridized carbons (Fsp3) is 0.435. The molecule has 3 aromatic rings. The first kappa shape index (κ1) is 23.7. The van der Waals surface area contributed by atoms with Crippen molar-refractivity contribution in [1.29, 1.82) is 0 Å². The van der Waals surface area contributed by atoms with Crippen molar-refractivity contribution in [2.75, 3.05) is 44.3 Å². The van der Waals surface area contributed by atoms with Crippen LogP contribution in [-0.4, -0.2) is 56.6 Å². The third-order valence-electron chi connectivity index (χ3n) is 5.62. The number of rotatable bonds is 10. The van der Waals surface area contributed by atoms with Crippen molar-refractivity contribution < 1.29 is 8.42 Å². The normalized spacial score (nSPS) is 12.3. The molecule has 0 radical (unpaired) electrons. The van der Waals surface area contributed by atoms with Crippen molar-refractivity contribution in [2.45, 2.75) is 27.3 Å². The predicted molar refractivity (Wildman–Crippen MR) is 133 cm³/mol. The lowest BCUT2D eigenvalue weighted by molar-refractivity contribution is 0.316. The lowest BCUT2D eigenvalue weighted by Crippen LogP contribution is -2.29. The molecule has 0 atom stereocenters. The van der Waals surface area contributed by atoms with Gasteiger partial charge in [-0.2, -0.15) is 4.31 Å². The van der Waals surface area contributed by atoms with Gasteiger partial charge in [0.2, 0.25) is 10.0 Å². The highest BCUT2D eigenvalue weighted by molar-refractivity contribution is 7.88. The van der Waals surface area contributed by atoms with Crippen LogP contribution in [0.25, 0.3) is 20.2 Å². The molecule has 0 bridgehead atoms. The molecule has 31 heavy (non-hydrogen) atoms. The Morgan fingerprint density at radius 1 is 1.00 bits per heavy atom. The zero-order chi connectivity index (χ0) is 22.6. The molecule has 0 aliphatic heterocycles. The summed E-state index contributed by atoms with van der Waals surface area (Å²) in [5.41, 5.74) is 1.64. The molecular formula is C23H31N3O3S2. The summed E-state index contributed by atoms with van der Waals surface area (Å²) in [6.07, 6.45) is 1.22. The van der Waals surface area contributed by atoms with Gasteiger partial charge in [0.15, 0.2) is 5.43 Å². The molecule has 0 unspecified atom stereocenters. The maximum absolute atomic E-state index is 13.4. The van der Waals surface area contributed by atoms with Gasteiger partial charge in [0.05, 0.1) is 11.6 Å². The first-order valence-corrected chi connectivity index (χ1v) is 13.3. The third-order valence-corrected chi connectivity index (χ3v) is 8.19. The summed E-state index contributed by atoms with van der Waals surface area (Å²) in [5.74, 6) is 0. The van der Waals surface area contributed by atoms with Crippen molar-refractivity contribution >= 4 is 47.2 Å². The first-order valence-electron chi connectivity index (χ1n) is 10.7. The molecule has 1 N–H and O–H groups in total. The van der Waals surface area contributed by atoms with Crippen LogP contribution in [0.2, 0.25) is 0 Å². The number of hydrogen-bond donors (Lipinski definition) is 1. The molecule has 1 heterocycles. The summed E-state index contributed by atoms with van der Waals surface area (Å²) in [7, 11) is -3.34. The number of anilines is 1. The third kappa shape index (κ3) is 5.26. The van der Waals surface area contributed by atoms with E-state index in [1.54, 1.807) is 11.3 Å². The lowest BCUT2D eigenvalue weighted by Gasteiger charge is -2.21. The molecule has 6 nitrogen and oxygen atoms in total. The largest absolute Gasteiger partial charge is 0.383 e. The van der Waals surface area contributed by atoms with Crippen molar-refractivity contribution in [3.63, 3.8) is 0 Å². The van der Waals surface area contributed by atoms with Gasteiger partial charge in [0.1, 0.15) is 0 Å². The number of likely N-dealkylation sites (N-methyl/N-ethyl adjacent to an activating group) is 1. The Bertz CT molecular complexity index is 1220. The Morgan fingerprint density at radius 3 is 2.35 bits per heavy atom. The maximum Gasteiger partial charge on any atom is 0.211 e. The average molecular weight is 462 g/mol. The summed E-state index contributed by atoms with van der Waals surface area (Å²) in [6, 6.07) is 11.5. The molecule has 0 fully saturated rings. The summed E-state index contributed by atoms with van der Waals surface area (Å²) < 4.78 is 27.5. The van der Waals surface area contributed by atoms with Crippen LogP contribution < -0.4 is 10.7 Å². The standard InChI is InChI=1S/C23H31N3O3S2/c1-5-25(6-2)15-14-24-19-13-12-17(16-26(7-3)31(4,28)29)23-21(19)22(27)18-10-8-9-11-20(18)30-23/h8-13,24H,5-7,14-16H2,1-4H3. The number of fused-ring (bicyclic) bond motifs is 2. The summed E-state index contributed by atoms with van der Waals surface area (Å²) in [5, 5.41) is 4.79. The second kappa shape index (κ2) is 10.1. The van der Waals surface area contributed by atoms with Gasteiger partial charge in [-0.1, -0.05) is 39.0 Å². The Labute approximate surface area is 188 Å². The predicted octanol–water partition coefficient (Wildman–Crippen LogP) is 3.95. The molecule has 0 amide bonds. The van der Waals surface area contributed by atoms with E-state index in [0.717, 1.165) is 46.8 Å². The molecular weight excluding hydrogens is 430 g/mol. The highest BCUT2D eigenvalue weighted by atomic mass is 32.2. The van der Waals surface area contributed by atoms with Crippen molar-refractivity contribution in [2.24, 2.45) is 0 Å². The maximum atomic E-state index is 13.4. The van der Waals surface area contributed by atoms with Gasteiger partial charge < -0.3 is 10.2 Å². The Kier molecular flexibility index (Phi) is 7.69. The van der Waals surface area contributed by atoms with Gasteiger partial charge in [-0.15, -0.1) is 11.3 Å². The van der Waals surface area contributed by atoms with Crippen LogP contribution in [0, 0.1) is 0 Å². The van der Waals surface area contributed by atoms with E-state index in [0.29, 0.717) is 17.3 Å². The van der Waals surface area contributed by atoms with E-state index in [4.69, 9.17) is 0 Å². The van der Waals surface area contributed by atoms with Crippen LogP contribution in [0.15, 0.2) is 41.2 Å². The van der Waals surface area contributed by atoms with E-state index in [2.05, 4.69) is 24.1 Å². The highest BCUT2D eigenvalue weighted by Crippen LogP contribution is 2.32. The molecule has 0 saturated carbocycles. The van der Waals surface area contributed by atoms with Crippen LogP contribution in [0.1, 0.15) is 26.3 Å². The fourth-order valence-electron chi connectivity index (χ4n) is 3.77. The molecule has 2 aromatic carbocycles. The quantitative estimate of drug-likeness (QED) is 0.463. The SMILES string of the molecule is CCN(CC)CCNc1ccc(CN(CC)S(C)(=O)=O)c2sc3ccccc3c(=O)c12. The van der Waals surface area contributed by atoms with Gasteiger partial charge in [-0.25, -0.2) is 8.42 Å². The number of benzene rings is 2. The number of nitrogens with zero attached hydrogens (tertiary/aromatic N) is 2. The molecule has 8 heteroatoms. The van der Waals surface area contributed by atoms with E-state index in [9.17, 15) is 13.2 Å². The smallest absolute Gasteiger partial charge is 0.211 e. The zero-order valence-electron chi connectivity index (χ0n) is 18.6. The Hall–Kier alpha value is -2.00. The lowest BCUT2D eigenvalue weighted by atomic mass is 10.1. The van der Waals surface area contributed by atoms with Gasteiger partial charge >= 0.3 is 0 Å². The van der Waals surface area contributed by atoms with Crippen LogP contribution in [-0.2, 0) is 16.6 Å². The van der Waals surface area contributed by atoms with Crippen LogP contribution >= 0.6 is 11.3 Å². The highest BCUT2D eigenvalue weighted by Gasteiger charge is 2.19. The minimum Gasteiger partial charge on any atom is -0.383 e. The van der Waals surface area contributed by atoms with Gasteiger partial charge in [-0.05, 0) is 36.9 Å². The van der Waals surface area contributed by atoms with E-state index in [-0.39, 0.29) is 12.0 Å². The van der Waals surface area contributed by atoms with E-state index in [1.807, 2.05) is 43.3 Å². The molecule has 3 rings (SSSR count). The van der Waals surface area contributed by atoms with Crippen LogP contribution in [0.4, 0.5) is 5.69 Å². The van der Waals surface area contributed by atoms with E-state index >= 15 is 0 Å². The zero-order valence-corrected chi connectivity index (χ0v) is 20.3. The number of hydrogen-bond acceptors (Lipinski definition) is 6. The Morgan fingerprint density at radius 2 is 1.71 bits per heavy atom. The molecule has 1 aromatic heterocycles. The summed E-state index contributed by atoms with van der Waals surface area (Å²) >= 11 is 1.55.